The third-order valence-electron chi connectivity index (χ3n) is 4.75. The van der Waals surface area contributed by atoms with Crippen LogP contribution in [-0.4, -0.2) is 33.7 Å². The van der Waals surface area contributed by atoms with Crippen molar-refractivity contribution in [1.29, 1.82) is 0 Å². The fourth-order valence-corrected chi connectivity index (χ4v) is 3.99. The number of ether oxygens (including phenoxy) is 1. The monoisotopic (exact) mass is 438 g/mol. The minimum absolute atomic E-state index is 0.0254. The minimum Gasteiger partial charge on any atom is -0.457 e. The van der Waals surface area contributed by atoms with Crippen LogP contribution in [0.25, 0.3) is 16.8 Å². The van der Waals surface area contributed by atoms with E-state index in [9.17, 15) is 14.0 Å². The molecule has 0 saturated heterocycles. The van der Waals surface area contributed by atoms with E-state index in [4.69, 9.17) is 9.15 Å². The molecule has 6 nitrogen and oxygen atoms in total. The molecule has 0 atom stereocenters. The average Bonchev–Trinajstić information content (AvgIpc) is 3.30. The number of aromatic nitrogens is 2. The highest BCUT2D eigenvalue weighted by molar-refractivity contribution is 7.99. The molecule has 158 valence electrons. The third-order valence-corrected chi connectivity index (χ3v) is 5.55. The molecule has 2 aromatic carbocycles. The lowest BCUT2D eigenvalue weighted by Gasteiger charge is -2.10. The lowest BCUT2D eigenvalue weighted by atomic mass is 10.1. The van der Waals surface area contributed by atoms with Crippen LogP contribution >= 0.6 is 11.8 Å². The van der Waals surface area contributed by atoms with Crippen molar-refractivity contribution in [2.75, 3.05) is 12.4 Å². The van der Waals surface area contributed by atoms with Crippen LogP contribution in [0, 0.1) is 19.7 Å². The van der Waals surface area contributed by atoms with Gasteiger partial charge in [0.15, 0.2) is 12.2 Å². The van der Waals surface area contributed by atoms with Crippen molar-refractivity contribution in [3.05, 3.63) is 77.4 Å². The van der Waals surface area contributed by atoms with E-state index in [-0.39, 0.29) is 24.0 Å². The number of esters is 1. The molecule has 31 heavy (non-hydrogen) atoms. The summed E-state index contributed by atoms with van der Waals surface area (Å²) in [7, 11) is 0. The molecule has 0 amide bonds. The number of benzene rings is 2. The lowest BCUT2D eigenvalue weighted by molar-refractivity contribution is -0.139. The van der Waals surface area contributed by atoms with Gasteiger partial charge in [0.1, 0.15) is 17.1 Å². The first-order valence-electron chi connectivity index (χ1n) is 9.54. The molecule has 4 rings (SSSR count). The molecule has 0 bridgehead atoms. The van der Waals surface area contributed by atoms with Gasteiger partial charge in [-0.2, -0.15) is 0 Å². The average molecular weight is 438 g/mol. The summed E-state index contributed by atoms with van der Waals surface area (Å²) in [4.78, 5) is 29.0. The quantitative estimate of drug-likeness (QED) is 0.232. The Bertz CT molecular complexity index is 1240. The third kappa shape index (κ3) is 4.54. The van der Waals surface area contributed by atoms with Crippen LogP contribution in [0.15, 0.2) is 64.2 Å². The van der Waals surface area contributed by atoms with Crippen LogP contribution in [0.5, 0.6) is 0 Å². The van der Waals surface area contributed by atoms with E-state index < -0.39 is 5.97 Å². The second kappa shape index (κ2) is 8.77. The standard InChI is InChI=1S/C23H19FN2O4S/c1-14-10-18(15(2)26(14)17-7-5-6-16(24)11-17)20(27)12-29-22(28)13-31-23-25-19-8-3-4-9-21(19)30-23/h3-11H,12-13H2,1-2H3. The smallest absolute Gasteiger partial charge is 0.316 e. The van der Waals surface area contributed by atoms with E-state index in [2.05, 4.69) is 4.98 Å². The number of nitrogens with zero attached hydrogens (tertiary/aromatic N) is 2. The molecule has 4 aromatic rings. The van der Waals surface area contributed by atoms with Crippen LogP contribution in [0.3, 0.4) is 0 Å². The molecule has 2 aromatic heterocycles. The van der Waals surface area contributed by atoms with Crippen LogP contribution in [0.4, 0.5) is 4.39 Å². The van der Waals surface area contributed by atoms with Gasteiger partial charge in [-0.25, -0.2) is 9.37 Å². The molecule has 2 heterocycles. The number of Topliss-reactive ketones (excluding diaryl/α,β-unsaturated/α-hetero) is 1. The largest absolute Gasteiger partial charge is 0.457 e. The van der Waals surface area contributed by atoms with E-state index >= 15 is 0 Å². The number of carbonyl (C=O) groups is 2. The lowest BCUT2D eigenvalue weighted by Crippen LogP contribution is -2.16. The SMILES string of the molecule is Cc1cc(C(=O)COC(=O)CSc2nc3ccccc3o2)c(C)n1-c1cccc(F)c1. The van der Waals surface area contributed by atoms with Crippen LogP contribution in [0.1, 0.15) is 21.7 Å². The Hall–Kier alpha value is -3.39. The van der Waals surface area contributed by atoms with Gasteiger partial charge in [0.25, 0.3) is 5.22 Å². The fraction of sp³-hybridized carbons (Fsp3) is 0.174. The number of rotatable bonds is 7. The summed E-state index contributed by atoms with van der Waals surface area (Å²) in [5.41, 5.74) is 3.85. The first-order valence-corrected chi connectivity index (χ1v) is 10.5. The zero-order valence-electron chi connectivity index (χ0n) is 16.9. The molecule has 0 radical (unpaired) electrons. The summed E-state index contributed by atoms with van der Waals surface area (Å²) < 4.78 is 26.1. The summed E-state index contributed by atoms with van der Waals surface area (Å²) in [6.45, 7) is 3.23. The van der Waals surface area contributed by atoms with E-state index in [1.165, 1.54) is 12.1 Å². The van der Waals surface area contributed by atoms with E-state index in [1.54, 1.807) is 35.8 Å². The van der Waals surface area contributed by atoms with Crippen molar-refractivity contribution in [3.8, 4) is 5.69 Å². The van der Waals surface area contributed by atoms with Gasteiger partial charge < -0.3 is 13.7 Å². The Morgan fingerprint density at radius 1 is 1.13 bits per heavy atom. The fourth-order valence-electron chi connectivity index (χ4n) is 3.36. The number of carbonyl (C=O) groups excluding carboxylic acids is 2. The number of para-hydroxylation sites is 2. The van der Waals surface area contributed by atoms with Crippen molar-refractivity contribution < 1.29 is 23.1 Å². The van der Waals surface area contributed by atoms with Crippen LogP contribution in [-0.2, 0) is 9.53 Å². The zero-order valence-corrected chi connectivity index (χ0v) is 17.7. The highest BCUT2D eigenvalue weighted by atomic mass is 32.2. The minimum atomic E-state index is -0.542. The number of fused-ring (bicyclic) bond motifs is 1. The number of aryl methyl sites for hydroxylation is 1. The molecule has 0 unspecified atom stereocenters. The van der Waals surface area contributed by atoms with Crippen molar-refractivity contribution in [1.82, 2.24) is 9.55 Å². The summed E-state index contributed by atoms with van der Waals surface area (Å²) in [6, 6.07) is 15.2. The molecule has 0 saturated carbocycles. The van der Waals surface area contributed by atoms with E-state index in [0.717, 1.165) is 17.5 Å². The predicted octanol–water partition coefficient (Wildman–Crippen LogP) is 4.89. The number of hydrogen-bond acceptors (Lipinski definition) is 6. The van der Waals surface area contributed by atoms with Crippen molar-refractivity contribution in [3.63, 3.8) is 0 Å². The molecule has 0 aliphatic heterocycles. The van der Waals surface area contributed by atoms with Crippen LogP contribution in [0.2, 0.25) is 0 Å². The highest BCUT2D eigenvalue weighted by Gasteiger charge is 2.19. The van der Waals surface area contributed by atoms with Gasteiger partial charge in [-0.1, -0.05) is 30.0 Å². The van der Waals surface area contributed by atoms with Crippen LogP contribution < -0.4 is 0 Å². The van der Waals surface area contributed by atoms with Gasteiger partial charge >= 0.3 is 5.97 Å². The van der Waals surface area contributed by atoms with Gasteiger partial charge in [0, 0.05) is 22.6 Å². The Morgan fingerprint density at radius 3 is 2.71 bits per heavy atom. The molecule has 8 heteroatoms. The summed E-state index contributed by atoms with van der Waals surface area (Å²) >= 11 is 1.11. The number of oxazole rings is 1. The van der Waals surface area contributed by atoms with Crippen molar-refractivity contribution in [2.45, 2.75) is 19.1 Å². The normalized spacial score (nSPS) is 11.1. The second-order valence-corrected chi connectivity index (χ2v) is 7.85. The maximum Gasteiger partial charge on any atom is 0.316 e. The maximum absolute atomic E-state index is 13.6. The van der Waals surface area contributed by atoms with Gasteiger partial charge in [0.05, 0.1) is 0 Å². The number of hydrogen-bond donors (Lipinski definition) is 0. The molecule has 0 N–H and O–H groups in total. The highest BCUT2D eigenvalue weighted by Crippen LogP contribution is 2.24. The van der Waals surface area contributed by atoms with E-state index in [0.29, 0.717) is 33.3 Å². The predicted molar refractivity (Wildman–Crippen MR) is 115 cm³/mol. The number of thioether (sulfide) groups is 1. The number of halogens is 1. The maximum atomic E-state index is 13.6. The van der Waals surface area contributed by atoms with Crippen molar-refractivity contribution >= 4 is 34.6 Å². The Morgan fingerprint density at radius 2 is 1.94 bits per heavy atom. The molecule has 0 fully saturated rings. The first kappa shape index (κ1) is 20.9. The Kier molecular flexibility index (Phi) is 5.90. The summed E-state index contributed by atoms with van der Waals surface area (Å²) in [5, 5.41) is 0.364. The number of ketones is 1. The van der Waals surface area contributed by atoms with E-state index in [1.807, 2.05) is 25.1 Å². The Balaban J connectivity index is 1.37. The molecule has 0 aliphatic rings. The Labute approximate surface area is 182 Å². The van der Waals surface area contributed by atoms with Gasteiger partial charge in [-0.3, -0.25) is 9.59 Å². The topological polar surface area (TPSA) is 74.3 Å². The van der Waals surface area contributed by atoms with Gasteiger partial charge in [0.2, 0.25) is 5.78 Å². The van der Waals surface area contributed by atoms with Gasteiger partial charge in [-0.05, 0) is 50.2 Å². The summed E-state index contributed by atoms with van der Waals surface area (Å²) in [6.07, 6.45) is 0. The van der Waals surface area contributed by atoms with Crippen molar-refractivity contribution in [2.24, 2.45) is 0 Å². The molecule has 0 spiro atoms. The summed E-state index contributed by atoms with van der Waals surface area (Å²) in [5.74, 6) is -1.25. The van der Waals surface area contributed by atoms with Gasteiger partial charge in [-0.15, -0.1) is 0 Å². The molecule has 0 aliphatic carbocycles. The second-order valence-electron chi connectivity index (χ2n) is 6.92. The zero-order chi connectivity index (χ0) is 22.0. The first-order chi connectivity index (χ1) is 14.9. The molecular formula is C23H19FN2O4S. The molecular weight excluding hydrogens is 419 g/mol.